The SMILES string of the molecule is COc1cc(C(=O)OC(C)C(=O)NCC(C)C)c([N+](=O)[O-])cc1OC. The number of ether oxygens (including phenoxy) is 3. The minimum Gasteiger partial charge on any atom is -0.493 e. The molecule has 0 saturated heterocycles. The van der Waals surface area contributed by atoms with Crippen LogP contribution in [0.4, 0.5) is 5.69 Å². The van der Waals surface area contributed by atoms with Gasteiger partial charge in [-0.15, -0.1) is 0 Å². The Morgan fingerprint density at radius 2 is 1.72 bits per heavy atom. The second-order valence-corrected chi connectivity index (χ2v) is 5.67. The number of benzene rings is 1. The monoisotopic (exact) mass is 354 g/mol. The summed E-state index contributed by atoms with van der Waals surface area (Å²) in [4.78, 5) is 34.7. The molecule has 0 aliphatic carbocycles. The molecule has 1 aromatic carbocycles. The Morgan fingerprint density at radius 1 is 1.16 bits per heavy atom. The summed E-state index contributed by atoms with van der Waals surface area (Å²) >= 11 is 0. The van der Waals surface area contributed by atoms with Crippen LogP contribution in [0.1, 0.15) is 31.1 Å². The predicted octanol–water partition coefficient (Wildman–Crippen LogP) is 1.93. The molecule has 0 heterocycles. The molecular formula is C16H22N2O7. The predicted molar refractivity (Wildman–Crippen MR) is 88.9 cm³/mol. The number of rotatable bonds is 8. The van der Waals surface area contributed by atoms with E-state index in [1.165, 1.54) is 21.1 Å². The molecule has 0 fully saturated rings. The number of hydrogen-bond acceptors (Lipinski definition) is 7. The van der Waals surface area contributed by atoms with E-state index in [2.05, 4.69) is 5.32 Å². The van der Waals surface area contributed by atoms with Gasteiger partial charge < -0.3 is 19.5 Å². The average molecular weight is 354 g/mol. The Hall–Kier alpha value is -2.84. The molecule has 9 nitrogen and oxygen atoms in total. The third kappa shape index (κ3) is 5.33. The van der Waals surface area contributed by atoms with Crippen LogP contribution in [0.15, 0.2) is 12.1 Å². The van der Waals surface area contributed by atoms with Crippen LogP contribution in [0.2, 0.25) is 0 Å². The summed E-state index contributed by atoms with van der Waals surface area (Å²) in [5.41, 5.74) is -0.830. The summed E-state index contributed by atoms with van der Waals surface area (Å²) < 4.78 is 15.1. The number of nitro groups is 1. The zero-order valence-electron chi connectivity index (χ0n) is 14.8. The van der Waals surface area contributed by atoms with Gasteiger partial charge in [-0.3, -0.25) is 14.9 Å². The molecule has 0 aromatic heterocycles. The van der Waals surface area contributed by atoms with Crippen LogP contribution in [-0.2, 0) is 9.53 Å². The highest BCUT2D eigenvalue weighted by molar-refractivity contribution is 5.96. The van der Waals surface area contributed by atoms with Gasteiger partial charge in [0.25, 0.3) is 11.6 Å². The van der Waals surface area contributed by atoms with Gasteiger partial charge in [0.1, 0.15) is 5.56 Å². The van der Waals surface area contributed by atoms with Crippen LogP contribution in [0.5, 0.6) is 11.5 Å². The molecule has 0 radical (unpaired) electrons. The highest BCUT2D eigenvalue weighted by atomic mass is 16.6. The number of amides is 1. The summed E-state index contributed by atoms with van der Waals surface area (Å²) in [6.07, 6.45) is -1.10. The van der Waals surface area contributed by atoms with Crippen molar-refractivity contribution in [1.29, 1.82) is 0 Å². The number of nitrogens with zero attached hydrogens (tertiary/aromatic N) is 1. The Labute approximate surface area is 145 Å². The molecule has 0 aliphatic heterocycles. The van der Waals surface area contributed by atoms with E-state index in [1.54, 1.807) is 0 Å². The van der Waals surface area contributed by atoms with Crippen molar-refractivity contribution in [2.24, 2.45) is 5.92 Å². The first kappa shape index (κ1) is 20.2. The summed E-state index contributed by atoms with van der Waals surface area (Å²) in [7, 11) is 2.65. The van der Waals surface area contributed by atoms with Crippen molar-refractivity contribution < 1.29 is 28.7 Å². The smallest absolute Gasteiger partial charge is 0.346 e. The van der Waals surface area contributed by atoms with Crippen molar-refractivity contribution in [1.82, 2.24) is 5.32 Å². The van der Waals surface area contributed by atoms with Crippen LogP contribution in [0.25, 0.3) is 0 Å². The molecule has 1 aromatic rings. The maximum absolute atomic E-state index is 12.3. The Bertz CT molecular complexity index is 658. The molecule has 1 N–H and O–H groups in total. The molecule has 1 unspecified atom stereocenters. The van der Waals surface area contributed by atoms with Crippen LogP contribution in [0.3, 0.4) is 0 Å². The Kier molecular flexibility index (Phi) is 7.16. The van der Waals surface area contributed by atoms with Gasteiger partial charge in [0, 0.05) is 12.6 Å². The maximum atomic E-state index is 12.3. The molecule has 1 amide bonds. The minimum atomic E-state index is -1.10. The first-order valence-corrected chi connectivity index (χ1v) is 7.60. The Morgan fingerprint density at radius 3 is 2.20 bits per heavy atom. The van der Waals surface area contributed by atoms with Crippen molar-refractivity contribution in [3.8, 4) is 11.5 Å². The molecule has 9 heteroatoms. The van der Waals surface area contributed by atoms with Gasteiger partial charge in [0.05, 0.1) is 25.2 Å². The minimum absolute atomic E-state index is 0.105. The Balaban J connectivity index is 3.04. The van der Waals surface area contributed by atoms with Crippen LogP contribution in [0, 0.1) is 16.0 Å². The normalized spacial score (nSPS) is 11.6. The van der Waals surface area contributed by atoms with Gasteiger partial charge in [-0.25, -0.2) is 4.79 Å². The van der Waals surface area contributed by atoms with Gasteiger partial charge in [0.2, 0.25) is 0 Å². The number of esters is 1. The lowest BCUT2D eigenvalue weighted by Crippen LogP contribution is -2.37. The summed E-state index contributed by atoms with van der Waals surface area (Å²) in [5, 5.41) is 13.8. The number of carbonyl (C=O) groups excluding carboxylic acids is 2. The van der Waals surface area contributed by atoms with Crippen molar-refractivity contribution in [3.63, 3.8) is 0 Å². The van der Waals surface area contributed by atoms with Gasteiger partial charge in [-0.1, -0.05) is 13.8 Å². The van der Waals surface area contributed by atoms with E-state index in [0.29, 0.717) is 6.54 Å². The standard InChI is InChI=1S/C16H22N2O7/c1-9(2)8-17-15(19)10(3)25-16(20)11-6-13(23-4)14(24-5)7-12(11)18(21)22/h6-7,9-10H,8H2,1-5H3,(H,17,19). The fourth-order valence-corrected chi connectivity index (χ4v) is 1.91. The topological polar surface area (TPSA) is 117 Å². The van der Waals surface area contributed by atoms with Gasteiger partial charge >= 0.3 is 5.97 Å². The number of nitrogens with one attached hydrogen (secondary N) is 1. The maximum Gasteiger partial charge on any atom is 0.346 e. The van der Waals surface area contributed by atoms with E-state index < -0.39 is 28.6 Å². The largest absolute Gasteiger partial charge is 0.493 e. The molecular weight excluding hydrogens is 332 g/mol. The zero-order valence-corrected chi connectivity index (χ0v) is 14.8. The fraction of sp³-hybridized carbons (Fsp3) is 0.500. The lowest BCUT2D eigenvalue weighted by Gasteiger charge is -2.15. The fourth-order valence-electron chi connectivity index (χ4n) is 1.91. The molecule has 0 spiro atoms. The quantitative estimate of drug-likeness (QED) is 0.430. The third-order valence-corrected chi connectivity index (χ3v) is 3.26. The first-order chi connectivity index (χ1) is 11.7. The summed E-state index contributed by atoms with van der Waals surface area (Å²) in [6.45, 7) is 5.66. The van der Waals surface area contributed by atoms with Crippen molar-refractivity contribution in [3.05, 3.63) is 27.8 Å². The summed E-state index contributed by atoms with van der Waals surface area (Å²) in [6, 6.07) is 2.22. The number of methoxy groups -OCH3 is 2. The lowest BCUT2D eigenvalue weighted by molar-refractivity contribution is -0.385. The van der Waals surface area contributed by atoms with Gasteiger partial charge in [0.15, 0.2) is 17.6 Å². The molecule has 25 heavy (non-hydrogen) atoms. The molecule has 0 bridgehead atoms. The number of hydrogen-bond donors (Lipinski definition) is 1. The van der Waals surface area contributed by atoms with E-state index in [-0.39, 0.29) is 23.0 Å². The van der Waals surface area contributed by atoms with E-state index in [0.717, 1.165) is 12.1 Å². The van der Waals surface area contributed by atoms with Crippen LogP contribution < -0.4 is 14.8 Å². The zero-order chi connectivity index (χ0) is 19.1. The molecule has 1 rings (SSSR count). The van der Waals surface area contributed by atoms with Crippen LogP contribution >= 0.6 is 0 Å². The van der Waals surface area contributed by atoms with Gasteiger partial charge in [-0.2, -0.15) is 0 Å². The van der Waals surface area contributed by atoms with Crippen LogP contribution in [-0.4, -0.2) is 43.7 Å². The van der Waals surface area contributed by atoms with E-state index >= 15 is 0 Å². The summed E-state index contributed by atoms with van der Waals surface area (Å²) in [5.74, 6) is -1.01. The number of carbonyl (C=O) groups is 2. The van der Waals surface area contributed by atoms with Crippen molar-refractivity contribution in [2.75, 3.05) is 20.8 Å². The second-order valence-electron chi connectivity index (χ2n) is 5.67. The molecule has 138 valence electrons. The molecule has 0 saturated carbocycles. The van der Waals surface area contributed by atoms with Gasteiger partial charge in [-0.05, 0) is 12.8 Å². The molecule has 0 aliphatic rings. The molecule has 1 atom stereocenters. The lowest BCUT2D eigenvalue weighted by atomic mass is 10.1. The second kappa shape index (κ2) is 8.86. The van der Waals surface area contributed by atoms with Crippen molar-refractivity contribution >= 4 is 17.6 Å². The highest BCUT2D eigenvalue weighted by Gasteiger charge is 2.28. The van der Waals surface area contributed by atoms with E-state index in [9.17, 15) is 19.7 Å². The highest BCUT2D eigenvalue weighted by Crippen LogP contribution is 2.34. The first-order valence-electron chi connectivity index (χ1n) is 7.60. The number of nitro benzene ring substituents is 1. The van der Waals surface area contributed by atoms with Crippen molar-refractivity contribution in [2.45, 2.75) is 26.9 Å². The average Bonchev–Trinajstić information content (AvgIpc) is 2.57. The van der Waals surface area contributed by atoms with E-state index in [1.807, 2.05) is 13.8 Å². The van der Waals surface area contributed by atoms with E-state index in [4.69, 9.17) is 14.2 Å². The third-order valence-electron chi connectivity index (χ3n) is 3.26.